The SMILES string of the molecule is Nc1ccccc1C(=O)NC1(CO)COC1. The molecule has 1 aromatic rings. The topological polar surface area (TPSA) is 84.6 Å². The number of carbonyl (C=O) groups excluding carboxylic acids is 1. The average Bonchev–Trinajstić information content (AvgIpc) is 2.24. The zero-order valence-corrected chi connectivity index (χ0v) is 8.77. The number of anilines is 1. The fourth-order valence-electron chi connectivity index (χ4n) is 1.56. The summed E-state index contributed by atoms with van der Waals surface area (Å²) in [4.78, 5) is 11.9. The number of hydrogen-bond donors (Lipinski definition) is 3. The summed E-state index contributed by atoms with van der Waals surface area (Å²) in [5.74, 6) is -0.282. The Morgan fingerprint density at radius 1 is 1.50 bits per heavy atom. The Morgan fingerprint density at radius 3 is 2.69 bits per heavy atom. The lowest BCUT2D eigenvalue weighted by atomic mass is 9.98. The molecule has 5 nitrogen and oxygen atoms in total. The van der Waals surface area contributed by atoms with Crippen LogP contribution in [0.4, 0.5) is 5.69 Å². The van der Waals surface area contributed by atoms with Crippen molar-refractivity contribution < 1.29 is 14.6 Å². The lowest BCUT2D eigenvalue weighted by molar-refractivity contribution is -0.0919. The number of aliphatic hydroxyl groups is 1. The average molecular weight is 222 g/mol. The Labute approximate surface area is 93.2 Å². The first-order valence-electron chi connectivity index (χ1n) is 5.02. The van der Waals surface area contributed by atoms with Gasteiger partial charge in [0.2, 0.25) is 0 Å². The van der Waals surface area contributed by atoms with Crippen molar-refractivity contribution in [3.63, 3.8) is 0 Å². The number of amides is 1. The lowest BCUT2D eigenvalue weighted by Gasteiger charge is -2.40. The van der Waals surface area contributed by atoms with Gasteiger partial charge in [-0.25, -0.2) is 0 Å². The van der Waals surface area contributed by atoms with Crippen LogP contribution in [0.1, 0.15) is 10.4 Å². The highest BCUT2D eigenvalue weighted by Crippen LogP contribution is 2.18. The molecular formula is C11H14N2O3. The van der Waals surface area contributed by atoms with Crippen LogP contribution in [0.15, 0.2) is 24.3 Å². The Balaban J connectivity index is 2.11. The molecule has 4 N–H and O–H groups in total. The van der Waals surface area contributed by atoms with Gasteiger partial charge in [0.25, 0.3) is 5.91 Å². The van der Waals surface area contributed by atoms with Gasteiger partial charge < -0.3 is 20.9 Å². The second kappa shape index (κ2) is 4.11. The molecule has 1 amide bonds. The second-order valence-electron chi connectivity index (χ2n) is 3.97. The van der Waals surface area contributed by atoms with Crippen LogP contribution in [0.5, 0.6) is 0 Å². The van der Waals surface area contributed by atoms with E-state index >= 15 is 0 Å². The Hall–Kier alpha value is -1.59. The van der Waals surface area contributed by atoms with Gasteiger partial charge in [-0.15, -0.1) is 0 Å². The minimum absolute atomic E-state index is 0.133. The number of aliphatic hydroxyl groups excluding tert-OH is 1. The standard InChI is InChI=1S/C11H14N2O3/c12-9-4-2-1-3-8(9)10(15)13-11(5-14)6-16-7-11/h1-4,14H,5-7,12H2,(H,13,15). The minimum atomic E-state index is -0.640. The van der Waals surface area contributed by atoms with E-state index in [1.807, 2.05) is 0 Å². The van der Waals surface area contributed by atoms with Crippen molar-refractivity contribution in [1.82, 2.24) is 5.32 Å². The molecule has 0 spiro atoms. The summed E-state index contributed by atoms with van der Waals surface area (Å²) in [6.45, 7) is 0.537. The molecule has 0 atom stereocenters. The van der Waals surface area contributed by atoms with Gasteiger partial charge >= 0.3 is 0 Å². The number of nitrogens with two attached hydrogens (primary N) is 1. The van der Waals surface area contributed by atoms with E-state index in [9.17, 15) is 9.90 Å². The number of nitrogen functional groups attached to an aromatic ring is 1. The molecule has 0 unspecified atom stereocenters. The predicted octanol–water partition coefficient (Wildman–Crippen LogP) is -0.240. The zero-order valence-electron chi connectivity index (χ0n) is 8.77. The van der Waals surface area contributed by atoms with E-state index in [0.717, 1.165) is 0 Å². The quantitative estimate of drug-likeness (QED) is 0.616. The van der Waals surface area contributed by atoms with E-state index in [1.54, 1.807) is 24.3 Å². The van der Waals surface area contributed by atoms with Crippen molar-refractivity contribution in [3.05, 3.63) is 29.8 Å². The van der Waals surface area contributed by atoms with Crippen LogP contribution in [0.2, 0.25) is 0 Å². The molecule has 0 aliphatic carbocycles. The van der Waals surface area contributed by atoms with Crippen molar-refractivity contribution in [2.24, 2.45) is 0 Å². The van der Waals surface area contributed by atoms with Crippen molar-refractivity contribution in [1.29, 1.82) is 0 Å². The smallest absolute Gasteiger partial charge is 0.254 e. The van der Waals surface area contributed by atoms with Gasteiger partial charge in [0.1, 0.15) is 5.54 Å². The van der Waals surface area contributed by atoms with Crippen LogP contribution < -0.4 is 11.1 Å². The highest BCUT2D eigenvalue weighted by atomic mass is 16.5. The molecule has 16 heavy (non-hydrogen) atoms. The van der Waals surface area contributed by atoms with Gasteiger partial charge in [-0.1, -0.05) is 12.1 Å². The fraction of sp³-hybridized carbons (Fsp3) is 0.364. The molecule has 0 bridgehead atoms. The maximum Gasteiger partial charge on any atom is 0.254 e. The summed E-state index contributed by atoms with van der Waals surface area (Å²) < 4.78 is 4.99. The summed E-state index contributed by atoms with van der Waals surface area (Å²) in [6, 6.07) is 6.82. The second-order valence-corrected chi connectivity index (χ2v) is 3.97. The normalized spacial score (nSPS) is 17.6. The Bertz CT molecular complexity index is 396. The first kappa shape index (κ1) is 10.9. The summed E-state index contributed by atoms with van der Waals surface area (Å²) >= 11 is 0. The predicted molar refractivity (Wildman–Crippen MR) is 59.0 cm³/mol. The maximum atomic E-state index is 11.9. The van der Waals surface area contributed by atoms with Crippen LogP contribution in [-0.2, 0) is 4.74 Å². The molecule has 1 fully saturated rings. The third kappa shape index (κ3) is 1.87. The Morgan fingerprint density at radius 2 is 2.19 bits per heavy atom. The summed E-state index contributed by atoms with van der Waals surface area (Å²) in [5, 5.41) is 11.9. The van der Waals surface area contributed by atoms with Gasteiger partial charge in [-0.05, 0) is 12.1 Å². The summed E-state index contributed by atoms with van der Waals surface area (Å²) in [7, 11) is 0. The third-order valence-corrected chi connectivity index (χ3v) is 2.64. The summed E-state index contributed by atoms with van der Waals surface area (Å²) in [6.07, 6.45) is 0. The number of nitrogens with one attached hydrogen (secondary N) is 1. The highest BCUT2D eigenvalue weighted by molar-refractivity contribution is 5.99. The monoisotopic (exact) mass is 222 g/mol. The lowest BCUT2D eigenvalue weighted by Crippen LogP contribution is -2.64. The first-order chi connectivity index (χ1) is 7.67. The van der Waals surface area contributed by atoms with E-state index < -0.39 is 5.54 Å². The molecule has 1 aliphatic heterocycles. The molecule has 5 heteroatoms. The maximum absolute atomic E-state index is 11.9. The highest BCUT2D eigenvalue weighted by Gasteiger charge is 2.39. The first-order valence-corrected chi connectivity index (χ1v) is 5.02. The van der Waals surface area contributed by atoms with Crippen LogP contribution >= 0.6 is 0 Å². The van der Waals surface area contributed by atoms with E-state index in [2.05, 4.69) is 5.32 Å². The van der Waals surface area contributed by atoms with Crippen molar-refractivity contribution in [3.8, 4) is 0 Å². The van der Waals surface area contributed by atoms with E-state index in [0.29, 0.717) is 24.5 Å². The van der Waals surface area contributed by atoms with E-state index in [1.165, 1.54) is 0 Å². The largest absolute Gasteiger partial charge is 0.398 e. The molecule has 1 heterocycles. The molecule has 86 valence electrons. The van der Waals surface area contributed by atoms with Crippen LogP contribution in [0.3, 0.4) is 0 Å². The van der Waals surface area contributed by atoms with Gasteiger partial charge in [-0.3, -0.25) is 4.79 Å². The number of hydrogen-bond acceptors (Lipinski definition) is 4. The number of para-hydroxylation sites is 1. The van der Waals surface area contributed by atoms with Crippen LogP contribution in [0, 0.1) is 0 Å². The number of ether oxygens (including phenoxy) is 1. The van der Waals surface area contributed by atoms with Crippen molar-refractivity contribution in [2.45, 2.75) is 5.54 Å². The molecule has 0 radical (unpaired) electrons. The molecule has 1 saturated heterocycles. The molecule has 0 saturated carbocycles. The molecule has 1 aromatic carbocycles. The molecular weight excluding hydrogens is 208 g/mol. The number of rotatable bonds is 3. The minimum Gasteiger partial charge on any atom is -0.398 e. The molecule has 2 rings (SSSR count). The third-order valence-electron chi connectivity index (χ3n) is 2.64. The van der Waals surface area contributed by atoms with Crippen LogP contribution in [0.25, 0.3) is 0 Å². The van der Waals surface area contributed by atoms with Crippen molar-refractivity contribution in [2.75, 3.05) is 25.6 Å². The van der Waals surface area contributed by atoms with Gasteiger partial charge in [0.05, 0.1) is 25.4 Å². The van der Waals surface area contributed by atoms with Gasteiger partial charge in [0, 0.05) is 5.69 Å². The number of carbonyl (C=O) groups is 1. The summed E-state index contributed by atoms with van der Waals surface area (Å²) in [5.41, 5.74) is 5.89. The van der Waals surface area contributed by atoms with Gasteiger partial charge in [0.15, 0.2) is 0 Å². The fourth-order valence-corrected chi connectivity index (χ4v) is 1.56. The number of benzene rings is 1. The Kier molecular flexibility index (Phi) is 2.80. The van der Waals surface area contributed by atoms with E-state index in [-0.39, 0.29) is 12.5 Å². The van der Waals surface area contributed by atoms with Crippen molar-refractivity contribution >= 4 is 11.6 Å². The zero-order chi connectivity index (χ0) is 11.6. The molecule has 0 aromatic heterocycles. The van der Waals surface area contributed by atoms with Crippen LogP contribution in [-0.4, -0.2) is 36.4 Å². The van der Waals surface area contributed by atoms with E-state index in [4.69, 9.17) is 10.5 Å². The molecule has 1 aliphatic rings. The van der Waals surface area contributed by atoms with Gasteiger partial charge in [-0.2, -0.15) is 0 Å².